The summed E-state index contributed by atoms with van der Waals surface area (Å²) in [5.41, 5.74) is 3.73. The summed E-state index contributed by atoms with van der Waals surface area (Å²) >= 11 is 6.31. The van der Waals surface area contributed by atoms with Crippen molar-refractivity contribution in [2.24, 2.45) is 0 Å². The molecule has 0 unspecified atom stereocenters. The summed E-state index contributed by atoms with van der Waals surface area (Å²) < 4.78 is 7.18. The topological polar surface area (TPSA) is 47.4 Å². The largest absolute Gasteiger partial charge is 0.378 e. The third kappa shape index (κ3) is 4.75. The SMILES string of the molecule is O=C(C=Cc1cn(Cc2ccccc2Cl)nc1-c1ccccc1)N1CCOCC1. The number of halogens is 1. The molecule has 1 fully saturated rings. The molecule has 2 heterocycles. The summed E-state index contributed by atoms with van der Waals surface area (Å²) in [5, 5.41) is 5.48. The summed E-state index contributed by atoms with van der Waals surface area (Å²) in [4.78, 5) is 14.3. The van der Waals surface area contributed by atoms with Gasteiger partial charge in [0.25, 0.3) is 0 Å². The van der Waals surface area contributed by atoms with Gasteiger partial charge in [0, 0.05) is 41.5 Å². The van der Waals surface area contributed by atoms with Crippen LogP contribution in [0, 0.1) is 0 Å². The van der Waals surface area contributed by atoms with Crippen LogP contribution in [0.25, 0.3) is 17.3 Å². The summed E-state index contributed by atoms with van der Waals surface area (Å²) in [5.74, 6) is -0.00818. The van der Waals surface area contributed by atoms with E-state index in [9.17, 15) is 4.79 Å². The lowest BCUT2D eigenvalue weighted by Crippen LogP contribution is -2.39. The van der Waals surface area contributed by atoms with E-state index in [2.05, 4.69) is 0 Å². The number of rotatable bonds is 5. The van der Waals surface area contributed by atoms with Crippen LogP contribution in [0.2, 0.25) is 5.02 Å². The molecule has 29 heavy (non-hydrogen) atoms. The quantitative estimate of drug-likeness (QED) is 0.597. The predicted octanol–water partition coefficient (Wildman–Crippen LogP) is 4.12. The van der Waals surface area contributed by atoms with Crippen LogP contribution in [0.5, 0.6) is 0 Å². The Morgan fingerprint density at radius 2 is 1.79 bits per heavy atom. The van der Waals surface area contributed by atoms with Crippen LogP contribution in [0.4, 0.5) is 0 Å². The van der Waals surface area contributed by atoms with Crippen molar-refractivity contribution >= 4 is 23.6 Å². The number of morpholine rings is 1. The van der Waals surface area contributed by atoms with Gasteiger partial charge >= 0.3 is 0 Å². The zero-order valence-corrected chi connectivity index (χ0v) is 16.8. The van der Waals surface area contributed by atoms with Crippen molar-refractivity contribution in [3.05, 3.63) is 83.0 Å². The Hall–Kier alpha value is -2.89. The Balaban J connectivity index is 1.62. The molecule has 1 aliphatic rings. The number of carbonyl (C=O) groups is 1. The number of carbonyl (C=O) groups excluding carboxylic acids is 1. The third-order valence-electron chi connectivity index (χ3n) is 4.86. The number of hydrogen-bond donors (Lipinski definition) is 0. The van der Waals surface area contributed by atoms with Crippen molar-refractivity contribution < 1.29 is 9.53 Å². The first-order valence-electron chi connectivity index (χ1n) is 9.62. The number of ether oxygens (including phenoxy) is 1. The third-order valence-corrected chi connectivity index (χ3v) is 5.22. The smallest absolute Gasteiger partial charge is 0.246 e. The maximum Gasteiger partial charge on any atom is 0.246 e. The molecule has 1 aromatic heterocycles. The Morgan fingerprint density at radius 3 is 2.55 bits per heavy atom. The fourth-order valence-electron chi connectivity index (χ4n) is 3.31. The maximum atomic E-state index is 12.5. The maximum absolute atomic E-state index is 12.5. The molecule has 0 N–H and O–H groups in total. The van der Waals surface area contributed by atoms with Crippen LogP contribution in [-0.4, -0.2) is 46.9 Å². The zero-order chi connectivity index (χ0) is 20.1. The second kappa shape index (κ2) is 9.07. The van der Waals surface area contributed by atoms with Gasteiger partial charge in [0.15, 0.2) is 0 Å². The summed E-state index contributed by atoms with van der Waals surface area (Å²) in [6.45, 7) is 2.99. The summed E-state index contributed by atoms with van der Waals surface area (Å²) in [6, 6.07) is 17.7. The zero-order valence-electron chi connectivity index (χ0n) is 16.0. The van der Waals surface area contributed by atoms with Gasteiger partial charge in [-0.2, -0.15) is 5.10 Å². The molecule has 6 heteroatoms. The first-order chi connectivity index (χ1) is 14.2. The number of aromatic nitrogens is 2. The second-order valence-corrected chi connectivity index (χ2v) is 7.27. The average molecular weight is 408 g/mol. The van der Waals surface area contributed by atoms with Crippen LogP contribution in [0.1, 0.15) is 11.1 Å². The van der Waals surface area contributed by atoms with E-state index in [1.165, 1.54) is 0 Å². The van der Waals surface area contributed by atoms with Gasteiger partial charge in [-0.1, -0.05) is 60.1 Å². The summed E-state index contributed by atoms with van der Waals surface area (Å²) in [7, 11) is 0. The van der Waals surface area contributed by atoms with Crippen molar-refractivity contribution in [3.8, 4) is 11.3 Å². The highest BCUT2D eigenvalue weighted by molar-refractivity contribution is 6.31. The highest BCUT2D eigenvalue weighted by Gasteiger charge is 2.15. The average Bonchev–Trinajstić information content (AvgIpc) is 3.17. The van der Waals surface area contributed by atoms with E-state index in [1.807, 2.05) is 71.6 Å². The van der Waals surface area contributed by atoms with E-state index in [1.54, 1.807) is 11.0 Å². The van der Waals surface area contributed by atoms with Gasteiger partial charge in [0.05, 0.1) is 25.5 Å². The Morgan fingerprint density at radius 1 is 1.07 bits per heavy atom. The van der Waals surface area contributed by atoms with Crippen LogP contribution in [-0.2, 0) is 16.1 Å². The van der Waals surface area contributed by atoms with Crippen molar-refractivity contribution in [1.29, 1.82) is 0 Å². The van der Waals surface area contributed by atoms with Gasteiger partial charge in [-0.05, 0) is 17.7 Å². The van der Waals surface area contributed by atoms with Gasteiger partial charge < -0.3 is 9.64 Å². The monoisotopic (exact) mass is 407 g/mol. The summed E-state index contributed by atoms with van der Waals surface area (Å²) in [6.07, 6.45) is 5.42. The minimum Gasteiger partial charge on any atom is -0.378 e. The molecule has 1 aliphatic heterocycles. The molecule has 2 aromatic carbocycles. The molecule has 0 aliphatic carbocycles. The standard InChI is InChI=1S/C23H22ClN3O2/c24-21-9-5-4-8-19(21)16-27-17-20(23(25-27)18-6-2-1-3-7-18)10-11-22(28)26-12-14-29-15-13-26/h1-11,17H,12-16H2. The molecular weight excluding hydrogens is 386 g/mol. The molecule has 0 radical (unpaired) electrons. The Kier molecular flexibility index (Phi) is 6.08. The van der Waals surface area contributed by atoms with Crippen molar-refractivity contribution in [2.75, 3.05) is 26.3 Å². The fourth-order valence-corrected chi connectivity index (χ4v) is 3.51. The van der Waals surface area contributed by atoms with Gasteiger partial charge in [-0.15, -0.1) is 0 Å². The predicted molar refractivity (Wildman–Crippen MR) is 115 cm³/mol. The van der Waals surface area contributed by atoms with Gasteiger partial charge in [-0.25, -0.2) is 0 Å². The van der Waals surface area contributed by atoms with Gasteiger partial charge in [0.1, 0.15) is 0 Å². The lowest BCUT2D eigenvalue weighted by Gasteiger charge is -2.25. The van der Waals surface area contributed by atoms with E-state index >= 15 is 0 Å². The van der Waals surface area contributed by atoms with Gasteiger partial charge in [-0.3, -0.25) is 9.48 Å². The molecule has 1 amide bonds. The lowest BCUT2D eigenvalue weighted by atomic mass is 10.1. The van der Waals surface area contributed by atoms with E-state index < -0.39 is 0 Å². The first kappa shape index (κ1) is 19.4. The van der Waals surface area contributed by atoms with E-state index in [4.69, 9.17) is 21.4 Å². The van der Waals surface area contributed by atoms with E-state index in [0.717, 1.165) is 22.4 Å². The van der Waals surface area contributed by atoms with Crippen LogP contribution >= 0.6 is 11.6 Å². The minimum atomic E-state index is -0.00818. The van der Waals surface area contributed by atoms with Crippen LogP contribution in [0.3, 0.4) is 0 Å². The fraction of sp³-hybridized carbons (Fsp3) is 0.217. The highest BCUT2D eigenvalue weighted by Crippen LogP contribution is 2.24. The molecule has 148 valence electrons. The van der Waals surface area contributed by atoms with Crippen LogP contribution in [0.15, 0.2) is 66.9 Å². The van der Waals surface area contributed by atoms with E-state index in [-0.39, 0.29) is 5.91 Å². The van der Waals surface area contributed by atoms with Gasteiger partial charge in [0.2, 0.25) is 5.91 Å². The molecule has 3 aromatic rings. The van der Waals surface area contributed by atoms with E-state index in [0.29, 0.717) is 37.9 Å². The Bertz CT molecular complexity index is 1010. The number of amides is 1. The molecule has 0 atom stereocenters. The molecular formula is C23H22ClN3O2. The second-order valence-electron chi connectivity index (χ2n) is 6.86. The number of nitrogens with zero attached hydrogens (tertiary/aromatic N) is 3. The highest BCUT2D eigenvalue weighted by atomic mass is 35.5. The number of benzene rings is 2. The molecule has 4 rings (SSSR count). The molecule has 0 spiro atoms. The first-order valence-corrected chi connectivity index (χ1v) is 9.99. The number of hydrogen-bond acceptors (Lipinski definition) is 3. The molecule has 0 bridgehead atoms. The molecule has 5 nitrogen and oxygen atoms in total. The Labute approximate surface area is 175 Å². The van der Waals surface area contributed by atoms with Crippen LogP contribution < -0.4 is 0 Å². The lowest BCUT2D eigenvalue weighted by molar-refractivity contribution is -0.129. The van der Waals surface area contributed by atoms with Crippen molar-refractivity contribution in [3.63, 3.8) is 0 Å². The molecule has 0 saturated carbocycles. The molecule has 1 saturated heterocycles. The van der Waals surface area contributed by atoms with Crippen molar-refractivity contribution in [2.45, 2.75) is 6.54 Å². The van der Waals surface area contributed by atoms with Crippen molar-refractivity contribution in [1.82, 2.24) is 14.7 Å². The normalized spacial score (nSPS) is 14.4. The minimum absolute atomic E-state index is 0.00818.